The molecule has 0 bridgehead atoms. The molecule has 6 nitrogen and oxygen atoms in total. The summed E-state index contributed by atoms with van der Waals surface area (Å²) < 4.78 is 6.90. The van der Waals surface area contributed by atoms with Crippen molar-refractivity contribution in [3.63, 3.8) is 0 Å². The number of nitrogens with two attached hydrogens (primary N) is 1. The van der Waals surface area contributed by atoms with Gasteiger partial charge in [0.2, 0.25) is 0 Å². The molecule has 0 saturated heterocycles. The molecule has 7 heteroatoms. The minimum absolute atomic E-state index is 0. The molecular formula is C10H20IN5O. The van der Waals surface area contributed by atoms with E-state index >= 15 is 0 Å². The summed E-state index contributed by atoms with van der Waals surface area (Å²) in [6.45, 7) is 2.94. The maximum Gasteiger partial charge on any atom is 0.188 e. The Hall–Kier alpha value is -0.830. The van der Waals surface area contributed by atoms with Crippen LogP contribution in [0.4, 0.5) is 0 Å². The quantitative estimate of drug-likeness (QED) is 0.323. The Morgan fingerprint density at radius 3 is 3.06 bits per heavy atom. The van der Waals surface area contributed by atoms with Crippen LogP contribution in [0.1, 0.15) is 6.42 Å². The molecule has 1 aromatic rings. The Labute approximate surface area is 119 Å². The summed E-state index contributed by atoms with van der Waals surface area (Å²) >= 11 is 0. The van der Waals surface area contributed by atoms with Crippen LogP contribution in [0.3, 0.4) is 0 Å². The molecular weight excluding hydrogens is 333 g/mol. The summed E-state index contributed by atoms with van der Waals surface area (Å²) in [5, 5.41) is 2.96. The van der Waals surface area contributed by atoms with Crippen molar-refractivity contribution in [3.8, 4) is 0 Å². The minimum Gasteiger partial charge on any atom is -0.383 e. The third-order valence-corrected chi connectivity index (χ3v) is 2.03. The van der Waals surface area contributed by atoms with Gasteiger partial charge in [-0.3, -0.25) is 4.99 Å². The molecule has 0 amide bonds. The summed E-state index contributed by atoms with van der Waals surface area (Å²) in [4.78, 5) is 8.15. The zero-order valence-electron chi connectivity index (χ0n) is 10.0. The molecule has 0 radical (unpaired) electrons. The SMILES string of the molecule is COCCNC(N)=NCCCn1ccnc1.I. The van der Waals surface area contributed by atoms with Crippen LogP contribution in [0.25, 0.3) is 0 Å². The predicted octanol–water partition coefficient (Wildman–Crippen LogP) is 0.442. The smallest absolute Gasteiger partial charge is 0.188 e. The number of imidazole rings is 1. The molecule has 1 aromatic heterocycles. The summed E-state index contributed by atoms with van der Waals surface area (Å²) in [6, 6.07) is 0. The van der Waals surface area contributed by atoms with Gasteiger partial charge in [-0.05, 0) is 6.42 Å². The van der Waals surface area contributed by atoms with Crippen molar-refractivity contribution >= 4 is 29.9 Å². The van der Waals surface area contributed by atoms with Gasteiger partial charge in [0.05, 0.1) is 12.9 Å². The summed E-state index contributed by atoms with van der Waals surface area (Å²) in [6.07, 6.45) is 6.45. The maximum absolute atomic E-state index is 5.64. The number of aliphatic imine (C=N–C) groups is 1. The zero-order chi connectivity index (χ0) is 11.6. The third-order valence-electron chi connectivity index (χ3n) is 2.03. The van der Waals surface area contributed by atoms with Gasteiger partial charge in [-0.2, -0.15) is 0 Å². The highest BCUT2D eigenvalue weighted by Crippen LogP contribution is 1.90. The number of nitrogens with one attached hydrogen (secondary N) is 1. The number of methoxy groups -OCH3 is 1. The average molecular weight is 353 g/mol. The lowest BCUT2D eigenvalue weighted by Gasteiger charge is -2.04. The highest BCUT2D eigenvalue weighted by atomic mass is 127. The van der Waals surface area contributed by atoms with Crippen LogP contribution in [0.5, 0.6) is 0 Å². The van der Waals surface area contributed by atoms with Gasteiger partial charge in [-0.1, -0.05) is 0 Å². The Kier molecular flexibility index (Phi) is 9.83. The van der Waals surface area contributed by atoms with E-state index in [0.717, 1.165) is 13.0 Å². The molecule has 0 spiro atoms. The molecule has 1 heterocycles. The van der Waals surface area contributed by atoms with E-state index in [2.05, 4.69) is 15.3 Å². The number of aromatic nitrogens is 2. The number of ether oxygens (including phenoxy) is 1. The van der Waals surface area contributed by atoms with Crippen molar-refractivity contribution in [2.75, 3.05) is 26.8 Å². The van der Waals surface area contributed by atoms with E-state index in [1.165, 1.54) is 0 Å². The zero-order valence-corrected chi connectivity index (χ0v) is 12.3. The molecule has 0 fully saturated rings. The van der Waals surface area contributed by atoms with Crippen LogP contribution in [-0.2, 0) is 11.3 Å². The van der Waals surface area contributed by atoms with Crippen molar-refractivity contribution in [1.82, 2.24) is 14.9 Å². The Balaban J connectivity index is 0.00000256. The monoisotopic (exact) mass is 353 g/mol. The predicted molar refractivity (Wildman–Crippen MR) is 78.6 cm³/mol. The van der Waals surface area contributed by atoms with Gasteiger partial charge in [-0.15, -0.1) is 24.0 Å². The van der Waals surface area contributed by atoms with Crippen LogP contribution in [0.15, 0.2) is 23.7 Å². The Bertz CT molecular complexity index is 302. The van der Waals surface area contributed by atoms with Gasteiger partial charge in [0.25, 0.3) is 0 Å². The molecule has 1 rings (SSSR count). The number of hydrogen-bond acceptors (Lipinski definition) is 3. The summed E-state index contributed by atoms with van der Waals surface area (Å²) in [5.74, 6) is 0.475. The Morgan fingerprint density at radius 2 is 2.41 bits per heavy atom. The first-order valence-corrected chi connectivity index (χ1v) is 5.31. The second-order valence-electron chi connectivity index (χ2n) is 3.34. The highest BCUT2D eigenvalue weighted by molar-refractivity contribution is 14.0. The third kappa shape index (κ3) is 7.97. The first kappa shape index (κ1) is 16.2. The second kappa shape index (κ2) is 10.3. The summed E-state index contributed by atoms with van der Waals surface area (Å²) in [5.41, 5.74) is 5.64. The van der Waals surface area contributed by atoms with E-state index in [0.29, 0.717) is 25.7 Å². The van der Waals surface area contributed by atoms with E-state index in [9.17, 15) is 0 Å². The molecule has 98 valence electrons. The van der Waals surface area contributed by atoms with Crippen LogP contribution < -0.4 is 11.1 Å². The normalized spacial score (nSPS) is 11.0. The molecule has 0 aliphatic carbocycles. The molecule has 0 atom stereocenters. The van der Waals surface area contributed by atoms with Gasteiger partial charge in [0.1, 0.15) is 0 Å². The first-order chi connectivity index (χ1) is 7.83. The number of nitrogens with zero attached hydrogens (tertiary/aromatic N) is 3. The molecule has 3 N–H and O–H groups in total. The van der Waals surface area contributed by atoms with Crippen LogP contribution in [0.2, 0.25) is 0 Å². The van der Waals surface area contributed by atoms with Crippen LogP contribution in [0, 0.1) is 0 Å². The van der Waals surface area contributed by atoms with E-state index in [1.807, 2.05) is 10.8 Å². The van der Waals surface area contributed by atoms with Gasteiger partial charge < -0.3 is 20.4 Å². The fraction of sp³-hybridized carbons (Fsp3) is 0.600. The lowest BCUT2D eigenvalue weighted by Crippen LogP contribution is -2.34. The fourth-order valence-electron chi connectivity index (χ4n) is 1.21. The molecule has 0 saturated carbocycles. The summed E-state index contributed by atoms with van der Waals surface area (Å²) in [7, 11) is 1.65. The topological polar surface area (TPSA) is 77.5 Å². The molecule has 0 aliphatic heterocycles. The molecule has 17 heavy (non-hydrogen) atoms. The fourth-order valence-corrected chi connectivity index (χ4v) is 1.21. The van der Waals surface area contributed by atoms with Gasteiger partial charge in [-0.25, -0.2) is 4.98 Å². The van der Waals surface area contributed by atoms with Crippen molar-refractivity contribution in [3.05, 3.63) is 18.7 Å². The lowest BCUT2D eigenvalue weighted by atomic mass is 10.4. The van der Waals surface area contributed by atoms with Crippen molar-refractivity contribution in [2.24, 2.45) is 10.7 Å². The van der Waals surface area contributed by atoms with Crippen molar-refractivity contribution < 1.29 is 4.74 Å². The second-order valence-corrected chi connectivity index (χ2v) is 3.34. The van der Waals surface area contributed by atoms with Crippen LogP contribution in [-0.4, -0.2) is 42.3 Å². The minimum atomic E-state index is 0. The standard InChI is InChI=1S/C10H19N5O.HI/c1-16-8-5-14-10(11)13-3-2-6-15-7-4-12-9-15;/h4,7,9H,2-3,5-6,8H2,1H3,(H3,11,13,14);1H. The van der Waals surface area contributed by atoms with Crippen molar-refractivity contribution in [2.45, 2.75) is 13.0 Å². The highest BCUT2D eigenvalue weighted by Gasteiger charge is 1.92. The number of rotatable bonds is 7. The van der Waals surface area contributed by atoms with E-state index < -0.39 is 0 Å². The largest absolute Gasteiger partial charge is 0.383 e. The van der Waals surface area contributed by atoms with Gasteiger partial charge >= 0.3 is 0 Å². The number of guanidine groups is 1. The van der Waals surface area contributed by atoms with Gasteiger partial charge in [0, 0.05) is 39.1 Å². The van der Waals surface area contributed by atoms with Crippen molar-refractivity contribution in [1.29, 1.82) is 0 Å². The molecule has 0 aromatic carbocycles. The number of halogens is 1. The number of hydrogen-bond donors (Lipinski definition) is 2. The Morgan fingerprint density at radius 1 is 1.59 bits per heavy atom. The van der Waals surface area contributed by atoms with Gasteiger partial charge in [0.15, 0.2) is 5.96 Å². The van der Waals surface area contributed by atoms with Crippen LogP contribution >= 0.6 is 24.0 Å². The molecule has 0 aliphatic rings. The average Bonchev–Trinajstić information content (AvgIpc) is 2.78. The number of aryl methyl sites for hydroxylation is 1. The first-order valence-electron chi connectivity index (χ1n) is 5.31. The van der Waals surface area contributed by atoms with E-state index in [-0.39, 0.29) is 24.0 Å². The maximum atomic E-state index is 5.64. The molecule has 0 unspecified atom stereocenters. The lowest BCUT2D eigenvalue weighted by molar-refractivity contribution is 0.204. The van der Waals surface area contributed by atoms with E-state index in [4.69, 9.17) is 10.5 Å². The van der Waals surface area contributed by atoms with E-state index in [1.54, 1.807) is 19.6 Å².